The Bertz CT molecular complexity index is 366. The summed E-state index contributed by atoms with van der Waals surface area (Å²) in [4.78, 5) is 10.2. The fourth-order valence-corrected chi connectivity index (χ4v) is 1.30. The lowest BCUT2D eigenvalue weighted by Crippen LogP contribution is -2.17. The van der Waals surface area contributed by atoms with Gasteiger partial charge in [0.25, 0.3) is 5.69 Å². The lowest BCUT2D eigenvalue weighted by molar-refractivity contribution is -0.386. The molecule has 0 atom stereocenters. The summed E-state index contributed by atoms with van der Waals surface area (Å²) in [5.41, 5.74) is 0.0207. The zero-order valence-electron chi connectivity index (χ0n) is 8.44. The second-order valence-corrected chi connectivity index (χ2v) is 3.84. The topological polar surface area (TPSA) is 63.4 Å². The smallest absolute Gasteiger partial charge is 0.275 e. The Hall–Kier alpha value is -1.42. The Kier molecular flexibility index (Phi) is 2.57. The third-order valence-corrected chi connectivity index (χ3v) is 2.01. The van der Waals surface area contributed by atoms with E-state index >= 15 is 0 Å². The molecule has 0 saturated heterocycles. The average molecular weight is 195 g/mol. The molecule has 1 aromatic carbocycles. The van der Waals surface area contributed by atoms with Gasteiger partial charge in [-0.3, -0.25) is 10.1 Å². The Balaban J connectivity index is 3.38. The van der Waals surface area contributed by atoms with Gasteiger partial charge < -0.3 is 5.11 Å². The van der Waals surface area contributed by atoms with Crippen molar-refractivity contribution in [2.24, 2.45) is 0 Å². The van der Waals surface area contributed by atoms with Gasteiger partial charge in [0.05, 0.1) is 16.1 Å². The van der Waals surface area contributed by atoms with Crippen LogP contribution < -0.4 is 0 Å². The van der Waals surface area contributed by atoms with Crippen molar-refractivity contribution < 1.29 is 10.0 Å². The Morgan fingerprint density at radius 2 is 2.00 bits per heavy atom. The van der Waals surface area contributed by atoms with Crippen molar-refractivity contribution >= 4 is 5.69 Å². The molecular formula is C10H13NO3. The zero-order chi connectivity index (χ0) is 10.9. The molecule has 0 amide bonds. The summed E-state index contributed by atoms with van der Waals surface area (Å²) < 4.78 is 0. The van der Waals surface area contributed by atoms with Crippen LogP contribution in [0.2, 0.25) is 0 Å². The second-order valence-electron chi connectivity index (χ2n) is 3.84. The van der Waals surface area contributed by atoms with Crippen LogP contribution in [-0.4, -0.2) is 10.0 Å². The number of benzene rings is 1. The Morgan fingerprint density at radius 3 is 2.43 bits per heavy atom. The maximum atomic E-state index is 10.7. The van der Waals surface area contributed by atoms with Gasteiger partial charge in [0, 0.05) is 6.07 Å². The van der Waals surface area contributed by atoms with Crippen LogP contribution in [0.1, 0.15) is 25.0 Å². The SMILES string of the molecule is Cc1ccc([N+](=O)[O-])c(C(C)(C)O)c1. The highest BCUT2D eigenvalue weighted by molar-refractivity contribution is 5.45. The fourth-order valence-electron chi connectivity index (χ4n) is 1.30. The van der Waals surface area contributed by atoms with Gasteiger partial charge in [-0.25, -0.2) is 0 Å². The largest absolute Gasteiger partial charge is 0.385 e. The van der Waals surface area contributed by atoms with Gasteiger partial charge in [-0.2, -0.15) is 0 Å². The molecule has 0 aliphatic carbocycles. The first kappa shape index (κ1) is 10.7. The van der Waals surface area contributed by atoms with E-state index in [9.17, 15) is 15.2 Å². The van der Waals surface area contributed by atoms with Crippen molar-refractivity contribution in [3.05, 3.63) is 39.4 Å². The van der Waals surface area contributed by atoms with Gasteiger partial charge >= 0.3 is 0 Å². The van der Waals surface area contributed by atoms with E-state index < -0.39 is 10.5 Å². The normalized spacial score (nSPS) is 11.4. The Labute approximate surface area is 82.3 Å². The molecule has 0 saturated carbocycles. The highest BCUT2D eigenvalue weighted by Crippen LogP contribution is 2.29. The molecule has 0 aromatic heterocycles. The summed E-state index contributed by atoms with van der Waals surface area (Å²) in [6.07, 6.45) is 0. The van der Waals surface area contributed by atoms with Crippen molar-refractivity contribution in [1.82, 2.24) is 0 Å². The first-order valence-corrected chi connectivity index (χ1v) is 4.30. The van der Waals surface area contributed by atoms with E-state index in [0.717, 1.165) is 5.56 Å². The third-order valence-electron chi connectivity index (χ3n) is 2.01. The number of nitrogens with zero attached hydrogens (tertiary/aromatic N) is 1. The maximum absolute atomic E-state index is 10.7. The molecule has 0 spiro atoms. The fraction of sp³-hybridized carbons (Fsp3) is 0.400. The minimum Gasteiger partial charge on any atom is -0.385 e. The van der Waals surface area contributed by atoms with Crippen molar-refractivity contribution in [2.45, 2.75) is 26.4 Å². The molecule has 1 aromatic rings. The predicted octanol–water partition coefficient (Wildman–Crippen LogP) is 2.13. The summed E-state index contributed by atoms with van der Waals surface area (Å²) in [6.45, 7) is 4.91. The minimum atomic E-state index is -1.19. The first-order chi connectivity index (χ1) is 6.32. The quantitative estimate of drug-likeness (QED) is 0.580. The van der Waals surface area contributed by atoms with Crippen LogP contribution in [0.5, 0.6) is 0 Å². The van der Waals surface area contributed by atoms with Crippen LogP contribution in [0.3, 0.4) is 0 Å². The number of hydrogen-bond donors (Lipinski definition) is 1. The second kappa shape index (κ2) is 3.38. The van der Waals surface area contributed by atoms with E-state index in [1.54, 1.807) is 12.1 Å². The van der Waals surface area contributed by atoms with Crippen LogP contribution in [0.15, 0.2) is 18.2 Å². The molecule has 0 unspecified atom stereocenters. The van der Waals surface area contributed by atoms with E-state index in [1.165, 1.54) is 19.9 Å². The van der Waals surface area contributed by atoms with Gasteiger partial charge in [-0.1, -0.05) is 11.6 Å². The number of nitro benzene ring substituents is 1. The summed E-state index contributed by atoms with van der Waals surface area (Å²) >= 11 is 0. The van der Waals surface area contributed by atoms with Crippen molar-refractivity contribution in [3.8, 4) is 0 Å². The monoisotopic (exact) mass is 195 g/mol. The number of nitro groups is 1. The first-order valence-electron chi connectivity index (χ1n) is 4.30. The van der Waals surface area contributed by atoms with Crippen LogP contribution >= 0.6 is 0 Å². The number of rotatable bonds is 2. The van der Waals surface area contributed by atoms with Crippen molar-refractivity contribution in [1.29, 1.82) is 0 Å². The maximum Gasteiger partial charge on any atom is 0.275 e. The minimum absolute atomic E-state index is 0.0388. The molecule has 0 fully saturated rings. The van der Waals surface area contributed by atoms with Crippen molar-refractivity contribution in [3.63, 3.8) is 0 Å². The molecule has 4 heteroatoms. The summed E-state index contributed by atoms with van der Waals surface area (Å²) in [6, 6.07) is 4.72. The van der Waals surface area contributed by atoms with Crippen LogP contribution in [0.25, 0.3) is 0 Å². The van der Waals surface area contributed by atoms with Gasteiger partial charge in [0.15, 0.2) is 0 Å². The number of aliphatic hydroxyl groups is 1. The molecule has 0 aliphatic rings. The molecule has 14 heavy (non-hydrogen) atoms. The van der Waals surface area contributed by atoms with Crippen LogP contribution in [0.4, 0.5) is 5.69 Å². The average Bonchev–Trinajstić information content (AvgIpc) is 2.01. The van der Waals surface area contributed by atoms with Gasteiger partial charge in [-0.05, 0) is 26.8 Å². The zero-order valence-corrected chi connectivity index (χ0v) is 8.44. The Morgan fingerprint density at radius 1 is 1.43 bits per heavy atom. The summed E-state index contributed by atoms with van der Waals surface area (Å²) in [7, 11) is 0. The van der Waals surface area contributed by atoms with Crippen LogP contribution in [0, 0.1) is 17.0 Å². The molecular weight excluding hydrogens is 182 g/mol. The number of hydrogen-bond acceptors (Lipinski definition) is 3. The van der Waals surface area contributed by atoms with Crippen molar-refractivity contribution in [2.75, 3.05) is 0 Å². The molecule has 1 N–H and O–H groups in total. The van der Waals surface area contributed by atoms with E-state index in [-0.39, 0.29) is 5.69 Å². The van der Waals surface area contributed by atoms with Crippen LogP contribution in [-0.2, 0) is 5.60 Å². The lowest BCUT2D eigenvalue weighted by Gasteiger charge is -2.17. The standard InChI is InChI=1S/C10H13NO3/c1-7-4-5-9(11(13)14)8(6-7)10(2,3)12/h4-6,12H,1-3H3. The molecule has 0 heterocycles. The predicted molar refractivity (Wildman–Crippen MR) is 53.1 cm³/mol. The highest BCUT2D eigenvalue weighted by Gasteiger charge is 2.26. The summed E-state index contributed by atoms with van der Waals surface area (Å²) in [5.74, 6) is 0. The van der Waals surface area contributed by atoms with Gasteiger partial charge in [-0.15, -0.1) is 0 Å². The molecule has 4 nitrogen and oxygen atoms in total. The van der Waals surface area contributed by atoms with E-state index in [2.05, 4.69) is 0 Å². The molecule has 0 radical (unpaired) electrons. The highest BCUT2D eigenvalue weighted by atomic mass is 16.6. The van der Waals surface area contributed by atoms with Gasteiger partial charge in [0.1, 0.15) is 0 Å². The van der Waals surface area contributed by atoms with E-state index in [0.29, 0.717) is 5.56 Å². The van der Waals surface area contributed by atoms with E-state index in [1.807, 2.05) is 6.92 Å². The molecule has 0 aliphatic heterocycles. The molecule has 1 rings (SSSR count). The lowest BCUT2D eigenvalue weighted by atomic mass is 9.95. The molecule has 76 valence electrons. The summed E-state index contributed by atoms with van der Waals surface area (Å²) in [5, 5.41) is 20.4. The van der Waals surface area contributed by atoms with E-state index in [4.69, 9.17) is 0 Å². The van der Waals surface area contributed by atoms with Gasteiger partial charge in [0.2, 0.25) is 0 Å². The third kappa shape index (κ3) is 2.09. The molecule has 0 bridgehead atoms. The number of aryl methyl sites for hydroxylation is 1.